The molecule has 2 atom stereocenters. The van der Waals surface area contributed by atoms with Crippen molar-refractivity contribution in [3.8, 4) is 0 Å². The van der Waals surface area contributed by atoms with E-state index in [0.717, 1.165) is 0 Å². The summed E-state index contributed by atoms with van der Waals surface area (Å²) >= 11 is 5.43. The molecule has 4 nitrogen and oxygen atoms in total. The number of amides is 2. The standard InChI is InChI=1S/C7H13ClN2O2/c1-4(3-8)7(12)10-5(2)6(9)11/h4-5H,3H2,1-2H3,(H2,9,11)(H,10,12). The van der Waals surface area contributed by atoms with Crippen molar-refractivity contribution < 1.29 is 9.59 Å². The molecule has 3 N–H and O–H groups in total. The average molecular weight is 193 g/mol. The van der Waals surface area contributed by atoms with E-state index in [4.69, 9.17) is 17.3 Å². The maximum atomic E-state index is 11.1. The molecule has 0 aliphatic carbocycles. The van der Waals surface area contributed by atoms with E-state index in [-0.39, 0.29) is 17.7 Å². The summed E-state index contributed by atoms with van der Waals surface area (Å²) in [6.45, 7) is 3.21. The number of hydrogen-bond donors (Lipinski definition) is 2. The van der Waals surface area contributed by atoms with Crippen LogP contribution in [-0.4, -0.2) is 23.7 Å². The third kappa shape index (κ3) is 3.57. The zero-order valence-corrected chi connectivity index (χ0v) is 7.89. The van der Waals surface area contributed by atoms with Gasteiger partial charge in [-0.2, -0.15) is 0 Å². The Morgan fingerprint density at radius 2 is 2.00 bits per heavy atom. The van der Waals surface area contributed by atoms with Gasteiger partial charge in [0.25, 0.3) is 0 Å². The monoisotopic (exact) mass is 192 g/mol. The van der Waals surface area contributed by atoms with Crippen LogP contribution in [0.3, 0.4) is 0 Å². The first-order valence-electron chi connectivity index (χ1n) is 3.64. The van der Waals surface area contributed by atoms with Gasteiger partial charge in [-0.1, -0.05) is 6.92 Å². The Balaban J connectivity index is 3.92. The molecule has 0 aliphatic rings. The number of alkyl halides is 1. The van der Waals surface area contributed by atoms with Crippen LogP contribution in [0.25, 0.3) is 0 Å². The van der Waals surface area contributed by atoms with Crippen molar-refractivity contribution in [3.05, 3.63) is 0 Å². The normalized spacial score (nSPS) is 14.9. The van der Waals surface area contributed by atoms with E-state index >= 15 is 0 Å². The molecule has 0 aliphatic heterocycles. The molecule has 0 aromatic carbocycles. The second-order valence-corrected chi connectivity index (χ2v) is 3.00. The second-order valence-electron chi connectivity index (χ2n) is 2.69. The number of rotatable bonds is 4. The van der Waals surface area contributed by atoms with Crippen LogP contribution >= 0.6 is 11.6 Å². The minimum atomic E-state index is -0.636. The molecule has 70 valence electrons. The Bertz CT molecular complexity index is 184. The Kier molecular flexibility index (Phi) is 4.66. The summed E-state index contributed by atoms with van der Waals surface area (Å²) in [7, 11) is 0. The van der Waals surface area contributed by atoms with Crippen LogP contribution in [0.1, 0.15) is 13.8 Å². The lowest BCUT2D eigenvalue weighted by Crippen LogP contribution is -2.44. The Labute approximate surface area is 76.4 Å². The number of carbonyl (C=O) groups excluding carboxylic acids is 2. The van der Waals surface area contributed by atoms with Gasteiger partial charge < -0.3 is 11.1 Å². The summed E-state index contributed by atoms with van der Waals surface area (Å²) in [5.41, 5.74) is 4.94. The SMILES string of the molecule is CC(CCl)C(=O)NC(C)C(N)=O. The average Bonchev–Trinajstić information content (AvgIpc) is 2.02. The molecule has 0 bridgehead atoms. The largest absolute Gasteiger partial charge is 0.368 e. The van der Waals surface area contributed by atoms with Gasteiger partial charge in [-0.3, -0.25) is 9.59 Å². The maximum Gasteiger partial charge on any atom is 0.239 e. The maximum absolute atomic E-state index is 11.1. The molecule has 0 aromatic rings. The third-order valence-corrected chi connectivity index (χ3v) is 1.93. The van der Waals surface area contributed by atoms with Crippen molar-refractivity contribution in [2.45, 2.75) is 19.9 Å². The number of carbonyl (C=O) groups is 2. The predicted molar refractivity (Wildman–Crippen MR) is 46.7 cm³/mol. The number of nitrogens with two attached hydrogens (primary N) is 1. The van der Waals surface area contributed by atoms with E-state index in [0.29, 0.717) is 0 Å². The number of halogens is 1. The highest BCUT2D eigenvalue weighted by molar-refractivity contribution is 6.19. The molecule has 0 aromatic heterocycles. The van der Waals surface area contributed by atoms with E-state index in [1.807, 2.05) is 0 Å². The molecule has 0 rings (SSSR count). The highest BCUT2D eigenvalue weighted by Gasteiger charge is 2.16. The van der Waals surface area contributed by atoms with Gasteiger partial charge >= 0.3 is 0 Å². The van der Waals surface area contributed by atoms with Crippen molar-refractivity contribution in [2.75, 3.05) is 5.88 Å². The summed E-state index contributed by atoms with van der Waals surface area (Å²) in [5.74, 6) is -0.869. The fourth-order valence-corrected chi connectivity index (χ4v) is 0.637. The number of primary amides is 1. The van der Waals surface area contributed by atoms with Gasteiger partial charge in [0, 0.05) is 11.8 Å². The van der Waals surface area contributed by atoms with E-state index in [1.165, 1.54) is 6.92 Å². The highest BCUT2D eigenvalue weighted by Crippen LogP contribution is 1.97. The van der Waals surface area contributed by atoms with E-state index in [1.54, 1.807) is 6.92 Å². The van der Waals surface area contributed by atoms with Crippen molar-refractivity contribution in [3.63, 3.8) is 0 Å². The molecule has 0 radical (unpaired) electrons. The van der Waals surface area contributed by atoms with E-state index < -0.39 is 11.9 Å². The fourth-order valence-electron chi connectivity index (χ4n) is 0.497. The van der Waals surface area contributed by atoms with Crippen LogP contribution in [0.2, 0.25) is 0 Å². The predicted octanol–water partition coefficient (Wildman–Crippen LogP) is -0.149. The molecule has 0 spiro atoms. The zero-order valence-electron chi connectivity index (χ0n) is 7.13. The minimum Gasteiger partial charge on any atom is -0.368 e. The molecular formula is C7H13ClN2O2. The number of hydrogen-bond acceptors (Lipinski definition) is 2. The van der Waals surface area contributed by atoms with Gasteiger partial charge in [-0.15, -0.1) is 11.6 Å². The smallest absolute Gasteiger partial charge is 0.239 e. The van der Waals surface area contributed by atoms with Gasteiger partial charge in [0.05, 0.1) is 0 Å². The van der Waals surface area contributed by atoms with Crippen LogP contribution in [-0.2, 0) is 9.59 Å². The molecule has 0 saturated heterocycles. The molecule has 0 saturated carbocycles. The van der Waals surface area contributed by atoms with Crippen molar-refractivity contribution in [1.29, 1.82) is 0 Å². The lowest BCUT2D eigenvalue weighted by atomic mass is 10.2. The topological polar surface area (TPSA) is 72.2 Å². The fraction of sp³-hybridized carbons (Fsp3) is 0.714. The quantitative estimate of drug-likeness (QED) is 0.609. The van der Waals surface area contributed by atoms with Gasteiger partial charge in [0.15, 0.2) is 0 Å². The molecule has 2 amide bonds. The first kappa shape index (κ1) is 11.2. The van der Waals surface area contributed by atoms with E-state index in [9.17, 15) is 9.59 Å². The van der Waals surface area contributed by atoms with Crippen molar-refractivity contribution >= 4 is 23.4 Å². The summed E-state index contributed by atoms with van der Waals surface area (Å²) in [6.07, 6.45) is 0. The lowest BCUT2D eigenvalue weighted by molar-refractivity contribution is -0.128. The summed E-state index contributed by atoms with van der Waals surface area (Å²) < 4.78 is 0. The summed E-state index contributed by atoms with van der Waals surface area (Å²) in [5, 5.41) is 2.43. The van der Waals surface area contributed by atoms with Crippen LogP contribution in [0.15, 0.2) is 0 Å². The third-order valence-electron chi connectivity index (χ3n) is 1.46. The van der Waals surface area contributed by atoms with Crippen LogP contribution in [0, 0.1) is 5.92 Å². The second kappa shape index (κ2) is 4.98. The Hall–Kier alpha value is -0.770. The lowest BCUT2D eigenvalue weighted by Gasteiger charge is -2.12. The number of nitrogens with one attached hydrogen (secondary N) is 1. The molecular weight excluding hydrogens is 180 g/mol. The van der Waals surface area contributed by atoms with Crippen LogP contribution in [0.5, 0.6) is 0 Å². The van der Waals surface area contributed by atoms with Gasteiger partial charge in [0.2, 0.25) is 11.8 Å². The summed E-state index contributed by atoms with van der Waals surface area (Å²) in [6, 6.07) is -0.636. The summed E-state index contributed by atoms with van der Waals surface area (Å²) in [4.78, 5) is 21.6. The molecule has 5 heteroatoms. The van der Waals surface area contributed by atoms with Gasteiger partial charge in [-0.05, 0) is 6.92 Å². The first-order valence-corrected chi connectivity index (χ1v) is 4.18. The van der Waals surface area contributed by atoms with E-state index in [2.05, 4.69) is 5.32 Å². The molecule has 2 unspecified atom stereocenters. The van der Waals surface area contributed by atoms with Crippen molar-refractivity contribution in [1.82, 2.24) is 5.32 Å². The van der Waals surface area contributed by atoms with Crippen LogP contribution < -0.4 is 11.1 Å². The first-order chi connectivity index (χ1) is 5.49. The zero-order chi connectivity index (χ0) is 9.72. The van der Waals surface area contributed by atoms with Gasteiger partial charge in [-0.25, -0.2) is 0 Å². The van der Waals surface area contributed by atoms with Crippen LogP contribution in [0.4, 0.5) is 0 Å². The molecule has 0 fully saturated rings. The van der Waals surface area contributed by atoms with Crippen molar-refractivity contribution in [2.24, 2.45) is 11.7 Å². The van der Waals surface area contributed by atoms with Gasteiger partial charge in [0.1, 0.15) is 6.04 Å². The Morgan fingerprint density at radius 3 is 2.33 bits per heavy atom. The molecule has 0 heterocycles. The molecule has 12 heavy (non-hydrogen) atoms. The Morgan fingerprint density at radius 1 is 1.50 bits per heavy atom. The minimum absolute atomic E-state index is 0.233. The highest BCUT2D eigenvalue weighted by atomic mass is 35.5.